The zero-order valence-corrected chi connectivity index (χ0v) is 16.4. The highest BCUT2D eigenvalue weighted by atomic mass is 19.4. The molecule has 168 valence electrons. The first-order chi connectivity index (χ1) is 15.1. The van der Waals surface area contributed by atoms with E-state index in [1.807, 2.05) is 4.90 Å². The van der Waals surface area contributed by atoms with E-state index in [-0.39, 0.29) is 11.3 Å². The second kappa shape index (κ2) is 8.38. The van der Waals surface area contributed by atoms with Crippen LogP contribution in [0.4, 0.5) is 26.3 Å². The fourth-order valence-corrected chi connectivity index (χ4v) is 3.47. The molecule has 3 aromatic rings. The molecule has 2 aromatic heterocycles. The van der Waals surface area contributed by atoms with Gasteiger partial charge in [-0.25, -0.2) is 9.97 Å². The number of pyridine rings is 1. The lowest BCUT2D eigenvalue weighted by Crippen LogP contribution is -2.31. The first-order valence-electron chi connectivity index (χ1n) is 9.53. The lowest BCUT2D eigenvalue weighted by molar-refractivity contribution is -0.274. The number of aromatic nitrogens is 3. The molecule has 0 N–H and O–H groups in total. The number of alkyl halides is 6. The van der Waals surface area contributed by atoms with E-state index in [1.54, 1.807) is 24.4 Å². The molecule has 1 aliphatic heterocycles. The molecule has 0 aliphatic carbocycles. The number of rotatable bonds is 4. The van der Waals surface area contributed by atoms with Crippen molar-refractivity contribution in [3.05, 3.63) is 71.4 Å². The molecule has 5 nitrogen and oxygen atoms in total. The number of benzene rings is 1. The molecule has 0 unspecified atom stereocenters. The maximum atomic E-state index is 12.8. The van der Waals surface area contributed by atoms with Gasteiger partial charge in [-0.1, -0.05) is 18.2 Å². The summed E-state index contributed by atoms with van der Waals surface area (Å²) in [6.45, 7) is 1.36. The Labute approximate surface area is 178 Å². The maximum Gasteiger partial charge on any atom is 0.573 e. The summed E-state index contributed by atoms with van der Waals surface area (Å²) in [7, 11) is 0. The molecular weight excluding hydrogens is 438 g/mol. The monoisotopic (exact) mass is 454 g/mol. The first kappa shape index (κ1) is 22.0. The van der Waals surface area contributed by atoms with Gasteiger partial charge in [-0.2, -0.15) is 13.2 Å². The van der Waals surface area contributed by atoms with E-state index in [4.69, 9.17) is 0 Å². The minimum absolute atomic E-state index is 0.209. The van der Waals surface area contributed by atoms with Gasteiger partial charge in [0.15, 0.2) is 0 Å². The van der Waals surface area contributed by atoms with E-state index in [0.717, 1.165) is 5.56 Å². The number of fused-ring (bicyclic) bond motifs is 1. The van der Waals surface area contributed by atoms with E-state index in [2.05, 4.69) is 19.7 Å². The maximum absolute atomic E-state index is 12.8. The molecule has 0 saturated carbocycles. The highest BCUT2D eigenvalue weighted by Gasteiger charge is 2.35. The van der Waals surface area contributed by atoms with Crippen LogP contribution in [-0.4, -0.2) is 32.8 Å². The van der Waals surface area contributed by atoms with E-state index >= 15 is 0 Å². The fourth-order valence-electron chi connectivity index (χ4n) is 3.47. The van der Waals surface area contributed by atoms with Crippen molar-refractivity contribution in [2.45, 2.75) is 32.0 Å². The van der Waals surface area contributed by atoms with Crippen molar-refractivity contribution in [2.75, 3.05) is 6.54 Å². The molecule has 3 heterocycles. The molecule has 0 saturated heterocycles. The Morgan fingerprint density at radius 2 is 1.72 bits per heavy atom. The van der Waals surface area contributed by atoms with Crippen LogP contribution in [0.25, 0.3) is 11.3 Å². The third-order valence-electron chi connectivity index (χ3n) is 4.89. The van der Waals surface area contributed by atoms with Crippen molar-refractivity contribution < 1.29 is 31.1 Å². The lowest BCUT2D eigenvalue weighted by atomic mass is 10.1. The number of para-hydroxylation sites is 1. The summed E-state index contributed by atoms with van der Waals surface area (Å²) >= 11 is 0. The predicted molar refractivity (Wildman–Crippen MR) is 101 cm³/mol. The highest BCUT2D eigenvalue weighted by molar-refractivity contribution is 5.67. The average Bonchev–Trinajstić information content (AvgIpc) is 2.73. The van der Waals surface area contributed by atoms with Gasteiger partial charge in [-0.05, 0) is 23.8 Å². The normalized spacial score (nSPS) is 14.8. The third-order valence-corrected chi connectivity index (χ3v) is 4.89. The minimum Gasteiger partial charge on any atom is -0.405 e. The number of ether oxygens (including phenoxy) is 1. The second-order valence-corrected chi connectivity index (χ2v) is 7.22. The molecule has 1 aromatic carbocycles. The molecule has 0 radical (unpaired) electrons. The molecule has 4 rings (SSSR count). The van der Waals surface area contributed by atoms with Gasteiger partial charge in [0.25, 0.3) is 0 Å². The van der Waals surface area contributed by atoms with Crippen LogP contribution in [0.1, 0.15) is 22.6 Å². The van der Waals surface area contributed by atoms with Crippen molar-refractivity contribution in [3.63, 3.8) is 0 Å². The van der Waals surface area contributed by atoms with Gasteiger partial charge in [0.1, 0.15) is 5.75 Å². The molecule has 0 amide bonds. The highest BCUT2D eigenvalue weighted by Crippen LogP contribution is 2.33. The zero-order chi connectivity index (χ0) is 22.9. The molecule has 0 bridgehead atoms. The van der Waals surface area contributed by atoms with Crippen LogP contribution >= 0.6 is 0 Å². The zero-order valence-electron chi connectivity index (χ0n) is 16.4. The minimum atomic E-state index is -4.81. The quantitative estimate of drug-likeness (QED) is 0.519. The SMILES string of the molecule is FC(F)(F)Oc1ccccc1-c1ccc(CN2CCc3nc(C(F)(F)F)ncc3C2)cn1. The Hall–Kier alpha value is -3.21. The summed E-state index contributed by atoms with van der Waals surface area (Å²) in [5.74, 6) is -1.48. The number of hydrogen-bond acceptors (Lipinski definition) is 5. The average molecular weight is 454 g/mol. The molecular formula is C21H16F6N4O. The molecule has 11 heteroatoms. The van der Waals surface area contributed by atoms with Gasteiger partial charge >= 0.3 is 12.5 Å². The van der Waals surface area contributed by atoms with E-state index < -0.39 is 18.4 Å². The second-order valence-electron chi connectivity index (χ2n) is 7.22. The van der Waals surface area contributed by atoms with Crippen molar-refractivity contribution in [1.29, 1.82) is 0 Å². The summed E-state index contributed by atoms with van der Waals surface area (Å²) in [5.41, 5.74) is 2.36. The van der Waals surface area contributed by atoms with Crippen LogP contribution in [0.2, 0.25) is 0 Å². The van der Waals surface area contributed by atoms with Gasteiger partial charge in [0.05, 0.1) is 11.4 Å². The smallest absolute Gasteiger partial charge is 0.405 e. The molecule has 0 fully saturated rings. The van der Waals surface area contributed by atoms with E-state index in [0.29, 0.717) is 43.0 Å². The van der Waals surface area contributed by atoms with Gasteiger partial charge in [0.2, 0.25) is 5.82 Å². The molecule has 0 atom stereocenters. The van der Waals surface area contributed by atoms with Crippen LogP contribution in [-0.2, 0) is 25.7 Å². The van der Waals surface area contributed by atoms with Crippen LogP contribution in [0, 0.1) is 0 Å². The Kier molecular flexibility index (Phi) is 5.76. The summed E-state index contributed by atoms with van der Waals surface area (Å²) in [5, 5.41) is 0. The Morgan fingerprint density at radius 1 is 0.938 bits per heavy atom. The van der Waals surface area contributed by atoms with Crippen molar-refractivity contribution >= 4 is 0 Å². The molecule has 0 spiro atoms. The molecule has 1 aliphatic rings. The summed E-state index contributed by atoms with van der Waals surface area (Å²) < 4.78 is 80.3. The van der Waals surface area contributed by atoms with Crippen molar-refractivity contribution in [1.82, 2.24) is 19.9 Å². The van der Waals surface area contributed by atoms with Gasteiger partial charge in [0, 0.05) is 49.6 Å². The van der Waals surface area contributed by atoms with Crippen molar-refractivity contribution in [3.8, 4) is 17.0 Å². The predicted octanol–water partition coefficient (Wildman–Crippen LogP) is 5.01. The number of nitrogens with zero attached hydrogens (tertiary/aromatic N) is 4. The first-order valence-corrected chi connectivity index (χ1v) is 9.53. The number of halogens is 6. The van der Waals surface area contributed by atoms with Crippen LogP contribution in [0.5, 0.6) is 5.75 Å². The van der Waals surface area contributed by atoms with E-state index in [9.17, 15) is 26.3 Å². The van der Waals surface area contributed by atoms with Crippen LogP contribution in [0.3, 0.4) is 0 Å². The summed E-state index contributed by atoms with van der Waals surface area (Å²) in [4.78, 5) is 13.3. The Bertz CT molecular complexity index is 1100. The van der Waals surface area contributed by atoms with Crippen LogP contribution < -0.4 is 4.74 Å². The number of hydrogen-bond donors (Lipinski definition) is 0. The Balaban J connectivity index is 1.46. The van der Waals surface area contributed by atoms with Crippen LogP contribution in [0.15, 0.2) is 48.8 Å². The summed E-state index contributed by atoms with van der Waals surface area (Å²) in [6.07, 6.45) is -6.28. The summed E-state index contributed by atoms with van der Waals surface area (Å²) in [6, 6.07) is 9.08. The lowest BCUT2D eigenvalue weighted by Gasteiger charge is -2.28. The van der Waals surface area contributed by atoms with Crippen molar-refractivity contribution in [2.24, 2.45) is 0 Å². The Morgan fingerprint density at radius 3 is 2.41 bits per heavy atom. The standard InChI is InChI=1S/C21H16F6N4O/c22-20(23,24)19-29-10-14-12-31(8-7-16(14)30-19)11-13-5-6-17(28-9-13)15-3-1-2-4-18(15)32-21(25,26)27/h1-6,9-10H,7-8,11-12H2. The van der Waals surface area contributed by atoms with Gasteiger partial charge < -0.3 is 4.74 Å². The fraction of sp³-hybridized carbons (Fsp3) is 0.286. The molecule has 32 heavy (non-hydrogen) atoms. The third kappa shape index (κ3) is 5.16. The van der Waals surface area contributed by atoms with Gasteiger partial charge in [-0.15, -0.1) is 13.2 Å². The largest absolute Gasteiger partial charge is 0.573 e. The topological polar surface area (TPSA) is 51.1 Å². The van der Waals surface area contributed by atoms with Gasteiger partial charge in [-0.3, -0.25) is 9.88 Å². The van der Waals surface area contributed by atoms with E-state index in [1.165, 1.54) is 24.4 Å².